The third-order valence-corrected chi connectivity index (χ3v) is 5.03. The Morgan fingerprint density at radius 3 is 2.80 bits per heavy atom. The molecule has 0 aliphatic carbocycles. The van der Waals surface area contributed by atoms with Gasteiger partial charge in [-0.05, 0) is 31.2 Å². The van der Waals surface area contributed by atoms with Gasteiger partial charge in [0.15, 0.2) is 0 Å². The molecule has 1 unspecified atom stereocenters. The lowest BCUT2D eigenvalue weighted by Gasteiger charge is -2.13. The summed E-state index contributed by atoms with van der Waals surface area (Å²) < 4.78 is 27.6. The zero-order chi connectivity index (χ0) is 14.2. The number of hydrogen-bond acceptors (Lipinski definition) is 4. The van der Waals surface area contributed by atoms with Crippen LogP contribution in [-0.4, -0.2) is 32.5 Å². The molecule has 1 aliphatic heterocycles. The van der Waals surface area contributed by atoms with Crippen molar-refractivity contribution in [1.29, 1.82) is 0 Å². The summed E-state index contributed by atoms with van der Waals surface area (Å²) in [7, 11) is -3.63. The second-order valence-electron chi connectivity index (χ2n) is 4.84. The SMILES string of the molecule is O=c1[nH]ccc2c(S(=O)(=O)NC3CCNC3)cccc12. The Hall–Kier alpha value is -1.70. The molecule has 1 atom stereocenters. The average molecular weight is 293 g/mol. The van der Waals surface area contributed by atoms with Gasteiger partial charge >= 0.3 is 0 Å². The number of hydrogen-bond donors (Lipinski definition) is 3. The van der Waals surface area contributed by atoms with E-state index in [0.29, 0.717) is 17.3 Å². The van der Waals surface area contributed by atoms with Crippen molar-refractivity contribution in [3.8, 4) is 0 Å². The fraction of sp³-hybridized carbons (Fsp3) is 0.308. The van der Waals surface area contributed by atoms with Crippen LogP contribution in [0.25, 0.3) is 10.8 Å². The number of fused-ring (bicyclic) bond motifs is 1. The van der Waals surface area contributed by atoms with Gasteiger partial charge in [0.05, 0.1) is 4.90 Å². The Morgan fingerprint density at radius 1 is 1.20 bits per heavy atom. The summed E-state index contributed by atoms with van der Waals surface area (Å²) in [4.78, 5) is 14.4. The van der Waals surface area contributed by atoms with Crippen LogP contribution in [0.5, 0.6) is 0 Å². The van der Waals surface area contributed by atoms with Gasteiger partial charge in [0.1, 0.15) is 0 Å². The Morgan fingerprint density at radius 2 is 2.05 bits per heavy atom. The number of H-pyrrole nitrogens is 1. The van der Waals surface area contributed by atoms with Crippen LogP contribution in [-0.2, 0) is 10.0 Å². The zero-order valence-electron chi connectivity index (χ0n) is 10.7. The van der Waals surface area contributed by atoms with E-state index >= 15 is 0 Å². The van der Waals surface area contributed by atoms with E-state index in [1.807, 2.05) is 0 Å². The predicted molar refractivity (Wildman–Crippen MR) is 76.2 cm³/mol. The Labute approximate surface area is 116 Å². The highest BCUT2D eigenvalue weighted by Crippen LogP contribution is 2.20. The van der Waals surface area contributed by atoms with Gasteiger partial charge in [-0.25, -0.2) is 13.1 Å². The van der Waals surface area contributed by atoms with Gasteiger partial charge in [-0.2, -0.15) is 0 Å². The van der Waals surface area contributed by atoms with Gasteiger partial charge in [-0.1, -0.05) is 6.07 Å². The van der Waals surface area contributed by atoms with Crippen LogP contribution in [0, 0.1) is 0 Å². The molecular formula is C13H15N3O3S. The highest BCUT2D eigenvalue weighted by atomic mass is 32.2. The smallest absolute Gasteiger partial charge is 0.255 e. The average Bonchev–Trinajstić information content (AvgIpc) is 2.91. The van der Waals surface area contributed by atoms with E-state index in [-0.39, 0.29) is 16.5 Å². The van der Waals surface area contributed by atoms with E-state index in [9.17, 15) is 13.2 Å². The molecule has 106 valence electrons. The standard InChI is InChI=1S/C13H15N3O3S/c17-13-11-2-1-3-12(10(11)5-7-15-13)20(18,19)16-9-4-6-14-8-9/h1-3,5,7,9,14,16H,4,6,8H2,(H,15,17). The van der Waals surface area contributed by atoms with Crippen LogP contribution >= 0.6 is 0 Å². The van der Waals surface area contributed by atoms with Crippen molar-refractivity contribution < 1.29 is 8.42 Å². The fourth-order valence-electron chi connectivity index (χ4n) is 2.46. The number of nitrogens with one attached hydrogen (secondary N) is 3. The minimum Gasteiger partial charge on any atom is -0.329 e. The van der Waals surface area contributed by atoms with Gasteiger partial charge in [0.25, 0.3) is 5.56 Å². The van der Waals surface area contributed by atoms with E-state index in [0.717, 1.165) is 13.0 Å². The van der Waals surface area contributed by atoms with Crippen molar-refractivity contribution in [2.24, 2.45) is 0 Å². The number of aromatic amines is 1. The molecule has 6 nitrogen and oxygen atoms in total. The van der Waals surface area contributed by atoms with Crippen molar-refractivity contribution in [2.45, 2.75) is 17.4 Å². The molecule has 0 bridgehead atoms. The largest absolute Gasteiger partial charge is 0.329 e. The molecule has 0 saturated carbocycles. The Balaban J connectivity index is 2.09. The lowest BCUT2D eigenvalue weighted by atomic mass is 10.2. The van der Waals surface area contributed by atoms with E-state index in [4.69, 9.17) is 0 Å². The van der Waals surface area contributed by atoms with Crippen molar-refractivity contribution in [2.75, 3.05) is 13.1 Å². The number of sulfonamides is 1. The summed E-state index contributed by atoms with van der Waals surface area (Å²) >= 11 is 0. The molecule has 1 aliphatic rings. The van der Waals surface area contributed by atoms with Crippen LogP contribution in [0.1, 0.15) is 6.42 Å². The summed E-state index contributed by atoms with van der Waals surface area (Å²) in [6.07, 6.45) is 2.23. The first kappa shape index (κ1) is 13.3. The van der Waals surface area contributed by atoms with Gasteiger partial charge in [-0.3, -0.25) is 4.79 Å². The molecule has 3 N–H and O–H groups in total. The number of aromatic nitrogens is 1. The van der Waals surface area contributed by atoms with Crippen LogP contribution in [0.4, 0.5) is 0 Å². The summed E-state index contributed by atoms with van der Waals surface area (Å²) in [5, 5.41) is 3.93. The van der Waals surface area contributed by atoms with Crippen molar-refractivity contribution in [3.63, 3.8) is 0 Å². The first-order chi connectivity index (χ1) is 9.58. The number of rotatable bonds is 3. The molecule has 0 radical (unpaired) electrons. The molecule has 0 amide bonds. The van der Waals surface area contributed by atoms with Crippen LogP contribution in [0.3, 0.4) is 0 Å². The molecule has 2 aromatic rings. The molecule has 3 rings (SSSR count). The first-order valence-electron chi connectivity index (χ1n) is 6.41. The summed E-state index contributed by atoms with van der Waals surface area (Å²) in [6, 6.07) is 6.23. The Bertz CT molecular complexity index is 792. The molecule has 1 fully saturated rings. The topological polar surface area (TPSA) is 91.1 Å². The highest BCUT2D eigenvalue weighted by molar-refractivity contribution is 7.89. The zero-order valence-corrected chi connectivity index (χ0v) is 11.5. The molecule has 7 heteroatoms. The van der Waals surface area contributed by atoms with Crippen LogP contribution in [0.15, 0.2) is 40.2 Å². The molecule has 1 saturated heterocycles. The van der Waals surface area contributed by atoms with Gasteiger partial charge in [0, 0.05) is 29.6 Å². The fourth-order valence-corrected chi connectivity index (χ4v) is 3.96. The minimum atomic E-state index is -3.63. The first-order valence-corrected chi connectivity index (χ1v) is 7.90. The van der Waals surface area contributed by atoms with Gasteiger partial charge in [-0.15, -0.1) is 0 Å². The highest BCUT2D eigenvalue weighted by Gasteiger charge is 2.24. The molecule has 2 heterocycles. The summed E-state index contributed by atoms with van der Waals surface area (Å²) in [5.41, 5.74) is -0.290. The van der Waals surface area contributed by atoms with Gasteiger partial charge in [0.2, 0.25) is 10.0 Å². The van der Waals surface area contributed by atoms with Crippen LogP contribution < -0.4 is 15.6 Å². The van der Waals surface area contributed by atoms with Crippen molar-refractivity contribution in [1.82, 2.24) is 15.0 Å². The molecule has 1 aromatic heterocycles. The third-order valence-electron chi connectivity index (χ3n) is 3.45. The maximum absolute atomic E-state index is 12.5. The predicted octanol–water partition coefficient (Wildman–Crippen LogP) is 0.168. The maximum atomic E-state index is 12.5. The lowest BCUT2D eigenvalue weighted by molar-refractivity contribution is 0.561. The second-order valence-corrected chi connectivity index (χ2v) is 6.52. The normalized spacial score (nSPS) is 19.5. The minimum absolute atomic E-state index is 0.0998. The molecule has 1 aromatic carbocycles. The molecular weight excluding hydrogens is 278 g/mol. The monoisotopic (exact) mass is 293 g/mol. The van der Waals surface area contributed by atoms with Gasteiger partial charge < -0.3 is 10.3 Å². The van der Waals surface area contributed by atoms with E-state index in [2.05, 4.69) is 15.0 Å². The number of pyridine rings is 1. The van der Waals surface area contributed by atoms with E-state index in [1.165, 1.54) is 12.3 Å². The quantitative estimate of drug-likeness (QED) is 0.752. The van der Waals surface area contributed by atoms with Crippen LogP contribution in [0.2, 0.25) is 0 Å². The lowest BCUT2D eigenvalue weighted by Crippen LogP contribution is -2.36. The molecule has 20 heavy (non-hydrogen) atoms. The number of benzene rings is 1. The summed E-state index contributed by atoms with van der Waals surface area (Å²) in [5.74, 6) is 0. The van der Waals surface area contributed by atoms with E-state index in [1.54, 1.807) is 18.2 Å². The molecule has 0 spiro atoms. The summed E-state index contributed by atoms with van der Waals surface area (Å²) in [6.45, 7) is 1.44. The van der Waals surface area contributed by atoms with Crippen molar-refractivity contribution >= 4 is 20.8 Å². The van der Waals surface area contributed by atoms with E-state index < -0.39 is 10.0 Å². The third kappa shape index (κ3) is 2.35. The maximum Gasteiger partial charge on any atom is 0.255 e. The Kier molecular flexibility index (Phi) is 3.33. The van der Waals surface area contributed by atoms with Crippen molar-refractivity contribution in [3.05, 3.63) is 40.8 Å². The second kappa shape index (κ2) is 5.01.